The van der Waals surface area contributed by atoms with E-state index < -0.39 is 43.4 Å². The van der Waals surface area contributed by atoms with E-state index in [4.69, 9.17) is 18.9 Å². The zero-order valence-electron chi connectivity index (χ0n) is 24.8. The summed E-state index contributed by atoms with van der Waals surface area (Å²) in [5, 5.41) is 40.4. The number of carbonyl (C=O) groups is 1. The van der Waals surface area contributed by atoms with Gasteiger partial charge in [-0.2, -0.15) is 0 Å². The van der Waals surface area contributed by atoms with Crippen LogP contribution >= 0.6 is 0 Å². The van der Waals surface area contributed by atoms with Crippen LogP contribution in [0.3, 0.4) is 0 Å². The molecule has 0 saturated carbocycles. The van der Waals surface area contributed by atoms with Crippen LogP contribution in [-0.4, -0.2) is 81.9 Å². The quantitative estimate of drug-likeness (QED) is 0.180. The van der Waals surface area contributed by atoms with Gasteiger partial charge in [-0.05, 0) is 41.5 Å². The molecule has 10 nitrogen and oxygen atoms in total. The summed E-state index contributed by atoms with van der Waals surface area (Å²) in [4.78, 5) is 14.7. The highest BCUT2D eigenvalue weighted by molar-refractivity contribution is 5.67. The average Bonchev–Trinajstić information content (AvgIpc) is 3.06. The first kappa shape index (κ1) is 33.5. The number of benzene rings is 3. The number of hydrogen-bond donors (Lipinski definition) is 4. The van der Waals surface area contributed by atoms with Crippen molar-refractivity contribution in [3.63, 3.8) is 0 Å². The first-order valence-electron chi connectivity index (χ1n) is 15.0. The van der Waals surface area contributed by atoms with E-state index in [1.807, 2.05) is 72.8 Å². The molecule has 44 heavy (non-hydrogen) atoms. The molecular formula is C34H43NO9. The van der Waals surface area contributed by atoms with Gasteiger partial charge in [-0.1, -0.05) is 84.9 Å². The molecule has 1 aliphatic heterocycles. The molecule has 0 unspecified atom stereocenters. The molecule has 0 aromatic heterocycles. The largest absolute Gasteiger partial charge is 0.445 e. The summed E-state index contributed by atoms with van der Waals surface area (Å²) in [7, 11) is 0. The number of rotatable bonds is 16. The van der Waals surface area contributed by atoms with Crippen molar-refractivity contribution in [3.05, 3.63) is 107 Å². The molecule has 10 heteroatoms. The Labute approximate surface area is 258 Å². The summed E-state index contributed by atoms with van der Waals surface area (Å²) < 4.78 is 22.9. The second-order valence-electron chi connectivity index (χ2n) is 10.8. The Kier molecular flexibility index (Phi) is 13.6. The molecule has 1 saturated heterocycles. The number of unbranched alkanes of at least 4 members (excludes halogenated alkanes) is 2. The lowest BCUT2D eigenvalue weighted by atomic mass is 9.99. The van der Waals surface area contributed by atoms with Gasteiger partial charge in [-0.25, -0.2) is 4.79 Å². The lowest BCUT2D eigenvalue weighted by Gasteiger charge is -2.41. The predicted molar refractivity (Wildman–Crippen MR) is 162 cm³/mol. The minimum absolute atomic E-state index is 0.0415. The number of hydrogen-bond acceptors (Lipinski definition) is 9. The second-order valence-corrected chi connectivity index (χ2v) is 10.8. The summed E-state index contributed by atoms with van der Waals surface area (Å²) in [5.74, 6) is 0. The number of amides is 1. The Morgan fingerprint density at radius 1 is 0.727 bits per heavy atom. The van der Waals surface area contributed by atoms with E-state index in [1.54, 1.807) is 17.0 Å². The molecule has 5 atom stereocenters. The Morgan fingerprint density at radius 3 is 2.02 bits per heavy atom. The van der Waals surface area contributed by atoms with Gasteiger partial charge < -0.3 is 44.3 Å². The monoisotopic (exact) mass is 609 g/mol. The van der Waals surface area contributed by atoms with Crippen molar-refractivity contribution < 1.29 is 44.2 Å². The standard InChI is InChI=1S/C34H43NO9/c36-21-26-14-16-28(17-15-26)24-43-34(40)35(20-25-10-4-1-5-11-25)18-8-3-9-19-41-33-31(39)32(30(38)29(22-37)44-33)42-23-27-12-6-2-7-13-27/h1-2,4-7,10-17,29-33,36-39H,3,8-9,18-24H2/t29-,30+,31+,32-,33+/m0/s1. The molecule has 1 amide bonds. The summed E-state index contributed by atoms with van der Waals surface area (Å²) >= 11 is 0. The minimum atomic E-state index is -1.24. The number of aliphatic hydroxyl groups is 4. The lowest BCUT2D eigenvalue weighted by molar-refractivity contribution is -0.309. The topological polar surface area (TPSA) is 138 Å². The van der Waals surface area contributed by atoms with Gasteiger partial charge in [0.2, 0.25) is 0 Å². The molecule has 4 N–H and O–H groups in total. The van der Waals surface area contributed by atoms with Gasteiger partial charge in [0, 0.05) is 19.7 Å². The van der Waals surface area contributed by atoms with Crippen molar-refractivity contribution in [2.24, 2.45) is 0 Å². The van der Waals surface area contributed by atoms with Crippen LogP contribution in [0.4, 0.5) is 4.79 Å². The van der Waals surface area contributed by atoms with Crippen molar-refractivity contribution in [3.8, 4) is 0 Å². The first-order valence-corrected chi connectivity index (χ1v) is 15.0. The third-order valence-corrected chi connectivity index (χ3v) is 7.50. The molecule has 1 aliphatic rings. The van der Waals surface area contributed by atoms with E-state index in [0.717, 1.165) is 28.7 Å². The number of ether oxygens (including phenoxy) is 4. The van der Waals surface area contributed by atoms with Crippen molar-refractivity contribution in [1.29, 1.82) is 0 Å². The molecule has 3 aromatic rings. The maximum absolute atomic E-state index is 13.0. The van der Waals surface area contributed by atoms with Crippen LogP contribution in [0.15, 0.2) is 84.9 Å². The fraction of sp³-hybridized carbons (Fsp3) is 0.441. The first-order chi connectivity index (χ1) is 21.5. The molecule has 0 bridgehead atoms. The molecule has 0 radical (unpaired) electrons. The third-order valence-electron chi connectivity index (χ3n) is 7.50. The molecule has 1 fully saturated rings. The van der Waals surface area contributed by atoms with E-state index in [9.17, 15) is 25.2 Å². The van der Waals surface area contributed by atoms with Gasteiger partial charge in [0.1, 0.15) is 31.0 Å². The molecule has 1 heterocycles. The summed E-state index contributed by atoms with van der Waals surface area (Å²) in [6.07, 6.45) is -3.79. The fourth-order valence-electron chi connectivity index (χ4n) is 4.95. The fourth-order valence-corrected chi connectivity index (χ4v) is 4.95. The summed E-state index contributed by atoms with van der Waals surface area (Å²) in [6, 6.07) is 26.4. The van der Waals surface area contributed by atoms with Crippen molar-refractivity contribution >= 4 is 6.09 Å². The van der Waals surface area contributed by atoms with E-state index >= 15 is 0 Å². The number of aliphatic hydroxyl groups excluding tert-OH is 4. The highest BCUT2D eigenvalue weighted by atomic mass is 16.7. The van der Waals surface area contributed by atoms with Gasteiger partial charge in [0.15, 0.2) is 6.29 Å². The molecule has 0 spiro atoms. The normalized spacial score (nSPS) is 21.6. The number of carbonyl (C=O) groups excluding carboxylic acids is 1. The molecule has 0 aliphatic carbocycles. The second kappa shape index (κ2) is 17.8. The van der Waals surface area contributed by atoms with Gasteiger partial charge in [-0.3, -0.25) is 0 Å². The zero-order valence-corrected chi connectivity index (χ0v) is 24.8. The smallest absolute Gasteiger partial charge is 0.410 e. The van der Waals surface area contributed by atoms with E-state index in [0.29, 0.717) is 25.9 Å². The van der Waals surface area contributed by atoms with Gasteiger partial charge in [-0.15, -0.1) is 0 Å². The van der Waals surface area contributed by atoms with Crippen LogP contribution in [0.1, 0.15) is 41.5 Å². The summed E-state index contributed by atoms with van der Waals surface area (Å²) in [6.45, 7) is 0.995. The summed E-state index contributed by atoms with van der Waals surface area (Å²) in [5.41, 5.74) is 3.51. The molecule has 4 rings (SSSR count). The molecular weight excluding hydrogens is 566 g/mol. The van der Waals surface area contributed by atoms with Crippen molar-refractivity contribution in [2.75, 3.05) is 19.8 Å². The maximum Gasteiger partial charge on any atom is 0.410 e. The predicted octanol–water partition coefficient (Wildman–Crippen LogP) is 3.53. The highest BCUT2D eigenvalue weighted by Gasteiger charge is 2.45. The third kappa shape index (κ3) is 10.1. The van der Waals surface area contributed by atoms with E-state index in [2.05, 4.69) is 0 Å². The van der Waals surface area contributed by atoms with Gasteiger partial charge in [0.05, 0.1) is 19.8 Å². The average molecular weight is 610 g/mol. The van der Waals surface area contributed by atoms with E-state index in [1.165, 1.54) is 0 Å². The van der Waals surface area contributed by atoms with Crippen LogP contribution < -0.4 is 0 Å². The SMILES string of the molecule is O=C(OCc1ccc(CO)cc1)N(CCCCCO[C@@H]1O[C@@H](CO)[C@@H](O)[C@H](OCc2ccccc2)[C@H]1O)Cc1ccccc1. The van der Waals surface area contributed by atoms with Crippen molar-refractivity contribution in [1.82, 2.24) is 4.90 Å². The van der Waals surface area contributed by atoms with Gasteiger partial charge in [0.25, 0.3) is 0 Å². The Balaban J connectivity index is 1.23. The Bertz CT molecular complexity index is 1230. The van der Waals surface area contributed by atoms with E-state index in [-0.39, 0.29) is 26.4 Å². The van der Waals surface area contributed by atoms with Crippen LogP contribution in [-0.2, 0) is 45.3 Å². The van der Waals surface area contributed by atoms with Crippen LogP contribution in [0.25, 0.3) is 0 Å². The Hall–Kier alpha value is -3.35. The molecule has 3 aromatic carbocycles. The van der Waals surface area contributed by atoms with Crippen LogP contribution in [0.5, 0.6) is 0 Å². The maximum atomic E-state index is 13.0. The zero-order chi connectivity index (χ0) is 31.1. The Morgan fingerprint density at radius 2 is 1.36 bits per heavy atom. The van der Waals surface area contributed by atoms with Crippen LogP contribution in [0, 0.1) is 0 Å². The highest BCUT2D eigenvalue weighted by Crippen LogP contribution is 2.25. The van der Waals surface area contributed by atoms with Gasteiger partial charge >= 0.3 is 6.09 Å². The minimum Gasteiger partial charge on any atom is -0.445 e. The molecule has 238 valence electrons. The number of nitrogens with zero attached hydrogens (tertiary/aromatic N) is 1. The van der Waals surface area contributed by atoms with Crippen LogP contribution in [0.2, 0.25) is 0 Å². The lowest BCUT2D eigenvalue weighted by Crippen LogP contribution is -2.60. The van der Waals surface area contributed by atoms with Crippen molar-refractivity contribution in [2.45, 2.75) is 76.3 Å².